The molecule has 0 saturated heterocycles. The number of rotatable bonds is 12. The van der Waals surface area contributed by atoms with E-state index in [0.29, 0.717) is 31.4 Å². The molecule has 24 heavy (non-hydrogen) atoms. The van der Waals surface area contributed by atoms with Crippen LogP contribution in [0.3, 0.4) is 0 Å². The van der Waals surface area contributed by atoms with Gasteiger partial charge < -0.3 is 29.9 Å². The van der Waals surface area contributed by atoms with Crippen molar-refractivity contribution in [3.05, 3.63) is 34.4 Å². The summed E-state index contributed by atoms with van der Waals surface area (Å²) in [6, 6.07) is 2.94. The molecule has 0 aromatic heterocycles. The molecule has 0 spiro atoms. The Bertz CT molecular complexity index is 520. The lowest BCUT2D eigenvalue weighted by Gasteiger charge is -2.13. The number of aromatic carboxylic acids is 2. The van der Waals surface area contributed by atoms with Gasteiger partial charge in [-0.3, -0.25) is 0 Å². The van der Waals surface area contributed by atoms with Gasteiger partial charge >= 0.3 is 11.9 Å². The summed E-state index contributed by atoms with van der Waals surface area (Å²) in [5, 5.41) is 35.9. The van der Waals surface area contributed by atoms with Crippen molar-refractivity contribution in [1.29, 1.82) is 0 Å². The Balaban J connectivity index is 3.02. The second kappa shape index (κ2) is 10.7. The fourth-order valence-electron chi connectivity index (χ4n) is 2.39. The lowest BCUT2D eigenvalue weighted by atomic mass is 9.93. The van der Waals surface area contributed by atoms with Gasteiger partial charge in [-0.25, -0.2) is 9.59 Å². The molecule has 0 amide bonds. The molecule has 0 unspecified atom stereocenters. The number of aliphatic hydroxyl groups excluding tert-OH is 2. The van der Waals surface area contributed by atoms with E-state index in [-0.39, 0.29) is 29.7 Å². The highest BCUT2D eigenvalue weighted by atomic mass is 16.6. The van der Waals surface area contributed by atoms with E-state index in [2.05, 4.69) is 0 Å². The molecule has 0 atom stereocenters. The quantitative estimate of drug-likeness (QED) is 0.325. The van der Waals surface area contributed by atoms with E-state index in [1.165, 1.54) is 12.1 Å². The molecule has 0 heterocycles. The van der Waals surface area contributed by atoms with Crippen LogP contribution in [0, 0.1) is 0 Å². The van der Waals surface area contributed by atoms with Gasteiger partial charge in [0, 0.05) is 13.2 Å². The van der Waals surface area contributed by atoms with Crippen LogP contribution in [-0.4, -0.2) is 59.2 Å². The molecule has 0 aliphatic heterocycles. The molecule has 4 N–H and O–H groups in total. The SMILES string of the molecule is O=C(O)c1cc(CCCOCO)cc(C(=O)O)c1CCCOCO. The van der Waals surface area contributed by atoms with Crippen molar-refractivity contribution in [2.75, 3.05) is 26.8 Å². The van der Waals surface area contributed by atoms with E-state index in [9.17, 15) is 19.8 Å². The molecule has 8 heteroatoms. The van der Waals surface area contributed by atoms with E-state index >= 15 is 0 Å². The van der Waals surface area contributed by atoms with Crippen LogP contribution in [0.5, 0.6) is 0 Å². The van der Waals surface area contributed by atoms with E-state index in [1.54, 1.807) is 0 Å². The monoisotopic (exact) mass is 342 g/mol. The van der Waals surface area contributed by atoms with Crippen molar-refractivity contribution >= 4 is 11.9 Å². The van der Waals surface area contributed by atoms with E-state index in [4.69, 9.17) is 19.7 Å². The predicted octanol–water partition coefficient (Wildman–Crippen LogP) is 0.881. The zero-order valence-electron chi connectivity index (χ0n) is 13.2. The van der Waals surface area contributed by atoms with Crippen LogP contribution in [0.2, 0.25) is 0 Å². The third-order valence-electron chi connectivity index (χ3n) is 3.42. The maximum absolute atomic E-state index is 11.5. The third-order valence-corrected chi connectivity index (χ3v) is 3.42. The van der Waals surface area contributed by atoms with Gasteiger partial charge in [-0.15, -0.1) is 0 Å². The van der Waals surface area contributed by atoms with Crippen LogP contribution in [0.1, 0.15) is 44.7 Å². The van der Waals surface area contributed by atoms with Gasteiger partial charge in [-0.2, -0.15) is 0 Å². The Morgan fingerprint density at radius 1 is 0.833 bits per heavy atom. The van der Waals surface area contributed by atoms with Crippen LogP contribution in [-0.2, 0) is 22.3 Å². The summed E-state index contributed by atoms with van der Waals surface area (Å²) in [4.78, 5) is 23.0. The smallest absolute Gasteiger partial charge is 0.335 e. The number of carboxylic acid groups (broad SMARTS) is 2. The molecule has 134 valence electrons. The third kappa shape index (κ3) is 6.25. The molecule has 0 fully saturated rings. The molecule has 0 radical (unpaired) electrons. The highest BCUT2D eigenvalue weighted by Crippen LogP contribution is 2.21. The van der Waals surface area contributed by atoms with Gasteiger partial charge in [0.15, 0.2) is 0 Å². The first kappa shape index (κ1) is 20.0. The molecule has 1 rings (SSSR count). The first-order chi connectivity index (χ1) is 11.5. The number of carboxylic acids is 2. The topological polar surface area (TPSA) is 134 Å². The molecule has 1 aromatic rings. The summed E-state index contributed by atoms with van der Waals surface area (Å²) >= 11 is 0. The Kier molecular flexibility index (Phi) is 8.95. The van der Waals surface area contributed by atoms with E-state index < -0.39 is 25.5 Å². The predicted molar refractivity (Wildman–Crippen MR) is 83.1 cm³/mol. The summed E-state index contributed by atoms with van der Waals surface area (Å²) < 4.78 is 9.58. The summed E-state index contributed by atoms with van der Waals surface area (Å²) in [6.07, 6.45) is 1.58. The Morgan fingerprint density at radius 3 is 1.71 bits per heavy atom. The number of aryl methyl sites for hydroxylation is 1. The fourth-order valence-corrected chi connectivity index (χ4v) is 2.39. The van der Waals surface area contributed by atoms with Crippen LogP contribution in [0.25, 0.3) is 0 Å². The fraction of sp³-hybridized carbons (Fsp3) is 0.500. The van der Waals surface area contributed by atoms with Gasteiger partial charge in [0.2, 0.25) is 0 Å². The van der Waals surface area contributed by atoms with Crippen LogP contribution < -0.4 is 0 Å². The minimum atomic E-state index is -1.19. The van der Waals surface area contributed by atoms with Crippen molar-refractivity contribution < 1.29 is 39.5 Å². The zero-order valence-corrected chi connectivity index (χ0v) is 13.2. The minimum absolute atomic E-state index is 0.0445. The number of hydrogen-bond acceptors (Lipinski definition) is 6. The Morgan fingerprint density at radius 2 is 1.29 bits per heavy atom. The first-order valence-electron chi connectivity index (χ1n) is 7.50. The molecular weight excluding hydrogens is 320 g/mol. The summed E-state index contributed by atoms with van der Waals surface area (Å²) in [7, 11) is 0. The summed E-state index contributed by atoms with van der Waals surface area (Å²) in [5.74, 6) is -2.38. The molecular formula is C16H22O8. The highest BCUT2D eigenvalue weighted by Gasteiger charge is 2.19. The van der Waals surface area contributed by atoms with Crippen LogP contribution in [0.4, 0.5) is 0 Å². The van der Waals surface area contributed by atoms with Crippen LogP contribution >= 0.6 is 0 Å². The van der Waals surface area contributed by atoms with Crippen molar-refractivity contribution in [3.63, 3.8) is 0 Å². The molecule has 0 aliphatic carbocycles. The van der Waals surface area contributed by atoms with Crippen molar-refractivity contribution in [1.82, 2.24) is 0 Å². The Labute approximate surface area is 139 Å². The maximum Gasteiger partial charge on any atom is 0.335 e. The normalized spacial score (nSPS) is 10.8. The highest BCUT2D eigenvalue weighted by molar-refractivity contribution is 5.97. The lowest BCUT2D eigenvalue weighted by Crippen LogP contribution is -2.13. The summed E-state index contributed by atoms with van der Waals surface area (Å²) in [5.41, 5.74) is 0.738. The van der Waals surface area contributed by atoms with E-state index in [1.807, 2.05) is 0 Å². The number of ether oxygens (including phenoxy) is 2. The van der Waals surface area contributed by atoms with Gasteiger partial charge in [0.1, 0.15) is 13.6 Å². The number of hydrogen-bond donors (Lipinski definition) is 4. The lowest BCUT2D eigenvalue weighted by molar-refractivity contribution is -0.00247. The molecule has 0 bridgehead atoms. The van der Waals surface area contributed by atoms with Gasteiger partial charge in [0.25, 0.3) is 0 Å². The van der Waals surface area contributed by atoms with Gasteiger partial charge in [0.05, 0.1) is 11.1 Å². The van der Waals surface area contributed by atoms with E-state index in [0.717, 1.165) is 0 Å². The minimum Gasteiger partial charge on any atom is -0.478 e. The summed E-state index contributed by atoms with van der Waals surface area (Å²) in [6.45, 7) is -0.335. The standard InChI is InChI=1S/C16H22O8/c17-9-23-5-1-3-11-7-13(15(19)20)12(4-2-6-24-10-18)14(8-11)16(21)22/h7-8,17-18H,1-6,9-10H2,(H,19,20)(H,21,22). The molecule has 8 nitrogen and oxygen atoms in total. The maximum atomic E-state index is 11.5. The average molecular weight is 342 g/mol. The Hall–Kier alpha value is -2.00. The molecule has 1 aromatic carbocycles. The molecule has 0 aliphatic rings. The van der Waals surface area contributed by atoms with Gasteiger partial charge in [-0.05, 0) is 48.9 Å². The zero-order chi connectivity index (χ0) is 17.9. The second-order valence-electron chi connectivity index (χ2n) is 5.06. The van der Waals surface area contributed by atoms with Crippen LogP contribution in [0.15, 0.2) is 12.1 Å². The number of benzene rings is 1. The number of aliphatic hydroxyl groups is 2. The number of carbonyl (C=O) groups is 2. The van der Waals surface area contributed by atoms with Crippen molar-refractivity contribution in [2.45, 2.75) is 25.7 Å². The molecule has 0 saturated carbocycles. The van der Waals surface area contributed by atoms with Gasteiger partial charge in [-0.1, -0.05) is 0 Å². The largest absolute Gasteiger partial charge is 0.478 e. The second-order valence-corrected chi connectivity index (χ2v) is 5.06. The first-order valence-corrected chi connectivity index (χ1v) is 7.50. The van der Waals surface area contributed by atoms with Crippen molar-refractivity contribution in [2.24, 2.45) is 0 Å². The average Bonchev–Trinajstić information content (AvgIpc) is 2.55. The van der Waals surface area contributed by atoms with Crippen molar-refractivity contribution in [3.8, 4) is 0 Å².